The number of thiocarbonyl (C=S) groups is 2. The maximum atomic E-state index is 4.83. The molecule has 0 aromatic carbocycles. The van der Waals surface area contributed by atoms with E-state index in [1.807, 2.05) is 0 Å². The van der Waals surface area contributed by atoms with Crippen molar-refractivity contribution in [3.8, 4) is 0 Å². The Kier molecular flexibility index (Phi) is 11.9. The van der Waals surface area contributed by atoms with Crippen molar-refractivity contribution in [1.29, 1.82) is 0 Å². The summed E-state index contributed by atoms with van der Waals surface area (Å²) in [5.74, 6) is 9.66. The van der Waals surface area contributed by atoms with Crippen LogP contribution in [0.5, 0.6) is 0 Å². The van der Waals surface area contributed by atoms with Crippen LogP contribution in [0.25, 0.3) is 0 Å². The van der Waals surface area contributed by atoms with E-state index in [-0.39, 0.29) is 0 Å². The summed E-state index contributed by atoms with van der Waals surface area (Å²) in [7, 11) is 3.39. The quantitative estimate of drug-likeness (QED) is 0.154. The SMILES string of the molecule is CNC(=S)NN.CNC(=S)NN. The fourth-order valence-electron chi connectivity index (χ4n) is 0.144. The summed E-state index contributed by atoms with van der Waals surface area (Å²) in [4.78, 5) is 0. The first-order valence-electron chi connectivity index (χ1n) is 2.99. The van der Waals surface area contributed by atoms with E-state index in [9.17, 15) is 0 Å². The molecule has 0 aliphatic heterocycles. The van der Waals surface area contributed by atoms with Crippen LogP contribution in [0.3, 0.4) is 0 Å². The molecule has 0 amide bonds. The molecule has 0 aromatic rings. The highest BCUT2D eigenvalue weighted by Crippen LogP contribution is 1.50. The molecule has 0 aliphatic carbocycles. The van der Waals surface area contributed by atoms with Crippen LogP contribution in [0.15, 0.2) is 0 Å². The van der Waals surface area contributed by atoms with Crippen molar-refractivity contribution in [2.45, 2.75) is 0 Å². The maximum absolute atomic E-state index is 4.83. The Morgan fingerprint density at radius 3 is 1.17 bits per heavy atom. The summed E-state index contributed by atoms with van der Waals surface area (Å²) in [5.41, 5.74) is 4.47. The second-order valence-corrected chi connectivity index (χ2v) is 2.26. The number of nitrogens with two attached hydrogens (primary N) is 2. The Bertz CT molecular complexity index is 110. The van der Waals surface area contributed by atoms with Crippen molar-refractivity contribution in [3.63, 3.8) is 0 Å². The third-order valence-electron chi connectivity index (χ3n) is 0.716. The molecule has 0 spiro atoms. The van der Waals surface area contributed by atoms with Gasteiger partial charge in [-0.2, -0.15) is 0 Å². The van der Waals surface area contributed by atoms with Gasteiger partial charge in [0.1, 0.15) is 0 Å². The van der Waals surface area contributed by atoms with Gasteiger partial charge < -0.3 is 21.5 Å². The van der Waals surface area contributed by atoms with E-state index in [0.717, 1.165) is 0 Å². The van der Waals surface area contributed by atoms with Crippen molar-refractivity contribution in [2.24, 2.45) is 11.7 Å². The van der Waals surface area contributed by atoms with E-state index in [1.165, 1.54) is 0 Å². The maximum Gasteiger partial charge on any atom is 0.180 e. The highest BCUT2D eigenvalue weighted by atomic mass is 32.1. The third kappa shape index (κ3) is 12.0. The molecule has 0 saturated carbocycles. The second kappa shape index (κ2) is 10.3. The zero-order chi connectivity index (χ0) is 9.98. The molecule has 0 radical (unpaired) electrons. The molecular formula is C4H14N6S2. The van der Waals surface area contributed by atoms with Gasteiger partial charge in [0.05, 0.1) is 0 Å². The van der Waals surface area contributed by atoms with Gasteiger partial charge in [0.15, 0.2) is 10.2 Å². The predicted molar refractivity (Wildman–Crippen MR) is 58.0 cm³/mol. The number of hydrazine groups is 2. The number of hydrogen-bond acceptors (Lipinski definition) is 4. The Labute approximate surface area is 82.4 Å². The summed E-state index contributed by atoms with van der Waals surface area (Å²) in [6.45, 7) is 0. The average molecular weight is 210 g/mol. The summed E-state index contributed by atoms with van der Waals surface area (Å²) in [6.07, 6.45) is 0. The summed E-state index contributed by atoms with van der Waals surface area (Å²) < 4.78 is 0. The molecule has 12 heavy (non-hydrogen) atoms. The van der Waals surface area contributed by atoms with Crippen molar-refractivity contribution in [2.75, 3.05) is 14.1 Å². The van der Waals surface area contributed by atoms with Gasteiger partial charge >= 0.3 is 0 Å². The fourth-order valence-corrected chi connectivity index (χ4v) is 0.144. The molecule has 0 bridgehead atoms. The topological polar surface area (TPSA) is 100 Å². The normalized spacial score (nSPS) is 7.00. The minimum absolute atomic E-state index is 0.454. The van der Waals surface area contributed by atoms with E-state index < -0.39 is 0 Å². The molecular weight excluding hydrogens is 196 g/mol. The molecule has 72 valence electrons. The Balaban J connectivity index is 0. The highest BCUT2D eigenvalue weighted by Gasteiger charge is 1.76. The van der Waals surface area contributed by atoms with Crippen LogP contribution < -0.4 is 33.2 Å². The van der Waals surface area contributed by atoms with E-state index in [4.69, 9.17) is 11.7 Å². The van der Waals surface area contributed by atoms with E-state index in [2.05, 4.69) is 45.9 Å². The van der Waals surface area contributed by atoms with Gasteiger partial charge in [-0.05, 0) is 24.4 Å². The largest absolute Gasteiger partial charge is 0.365 e. The molecule has 0 rings (SSSR count). The molecule has 0 fully saturated rings. The monoisotopic (exact) mass is 210 g/mol. The molecule has 0 atom stereocenters. The first-order chi connectivity index (χ1) is 5.62. The lowest BCUT2D eigenvalue weighted by molar-refractivity contribution is 0.976. The van der Waals surface area contributed by atoms with Crippen LogP contribution in [0, 0.1) is 0 Å². The lowest BCUT2D eigenvalue weighted by atomic mass is 11.1. The third-order valence-corrected chi connectivity index (χ3v) is 1.36. The Morgan fingerprint density at radius 2 is 1.17 bits per heavy atom. The summed E-state index contributed by atoms with van der Waals surface area (Å²) in [6, 6.07) is 0. The Morgan fingerprint density at radius 1 is 0.917 bits per heavy atom. The molecule has 8 heteroatoms. The van der Waals surface area contributed by atoms with E-state index in [0.29, 0.717) is 10.2 Å². The molecule has 0 saturated heterocycles. The smallest absolute Gasteiger partial charge is 0.180 e. The standard InChI is InChI=1S/2C2H7N3S/c2*1-4-2(6)5-3/h2*3H2,1H3,(H2,4,5,6). The zero-order valence-electron chi connectivity index (χ0n) is 6.97. The first kappa shape index (κ1) is 13.9. The number of rotatable bonds is 0. The van der Waals surface area contributed by atoms with Gasteiger partial charge in [0.2, 0.25) is 0 Å². The van der Waals surface area contributed by atoms with Gasteiger partial charge in [-0.15, -0.1) is 0 Å². The Hall–Kier alpha value is -0.700. The number of hydrogen-bond donors (Lipinski definition) is 6. The second-order valence-electron chi connectivity index (χ2n) is 1.45. The van der Waals surface area contributed by atoms with Crippen LogP contribution in [0.1, 0.15) is 0 Å². The van der Waals surface area contributed by atoms with Crippen molar-refractivity contribution >= 4 is 34.7 Å². The van der Waals surface area contributed by atoms with E-state index >= 15 is 0 Å². The van der Waals surface area contributed by atoms with Crippen LogP contribution in [-0.4, -0.2) is 24.3 Å². The molecule has 6 nitrogen and oxygen atoms in total. The van der Waals surface area contributed by atoms with Crippen molar-refractivity contribution < 1.29 is 0 Å². The van der Waals surface area contributed by atoms with Gasteiger partial charge in [0, 0.05) is 14.1 Å². The van der Waals surface area contributed by atoms with Gasteiger partial charge in [-0.3, -0.25) is 0 Å². The minimum Gasteiger partial charge on any atom is -0.365 e. The highest BCUT2D eigenvalue weighted by molar-refractivity contribution is 7.80. The molecule has 8 N–H and O–H groups in total. The lowest BCUT2D eigenvalue weighted by Gasteiger charge is -1.95. The molecule has 0 aromatic heterocycles. The van der Waals surface area contributed by atoms with Crippen LogP contribution in [0.2, 0.25) is 0 Å². The van der Waals surface area contributed by atoms with Crippen LogP contribution in [-0.2, 0) is 0 Å². The summed E-state index contributed by atoms with van der Waals surface area (Å²) in [5, 5.41) is 6.13. The van der Waals surface area contributed by atoms with Gasteiger partial charge in [0.25, 0.3) is 0 Å². The van der Waals surface area contributed by atoms with Crippen LogP contribution in [0.4, 0.5) is 0 Å². The van der Waals surface area contributed by atoms with Crippen molar-refractivity contribution in [3.05, 3.63) is 0 Å². The van der Waals surface area contributed by atoms with Crippen molar-refractivity contribution in [1.82, 2.24) is 21.5 Å². The zero-order valence-corrected chi connectivity index (χ0v) is 8.60. The molecule has 0 aliphatic rings. The van der Waals surface area contributed by atoms with Gasteiger partial charge in [-0.25, -0.2) is 11.7 Å². The lowest BCUT2D eigenvalue weighted by Crippen LogP contribution is -2.37. The summed E-state index contributed by atoms with van der Waals surface area (Å²) >= 11 is 9.02. The predicted octanol–water partition coefficient (Wildman–Crippen LogP) is -2.09. The van der Waals surface area contributed by atoms with Gasteiger partial charge in [-0.1, -0.05) is 0 Å². The average Bonchev–Trinajstić information content (AvgIpc) is 2.16. The van der Waals surface area contributed by atoms with E-state index in [1.54, 1.807) is 14.1 Å². The fraction of sp³-hybridized carbons (Fsp3) is 0.500. The minimum atomic E-state index is 0.454. The van der Waals surface area contributed by atoms with Crippen LogP contribution >= 0.6 is 24.4 Å². The molecule has 0 unspecified atom stereocenters. The molecule has 0 heterocycles. The first-order valence-corrected chi connectivity index (χ1v) is 3.80. The number of nitrogens with one attached hydrogen (secondary N) is 4.